The average molecular weight is 261 g/mol. The van der Waals surface area contributed by atoms with Crippen LogP contribution >= 0.6 is 11.6 Å². The van der Waals surface area contributed by atoms with Gasteiger partial charge in [-0.15, -0.1) is 0 Å². The zero-order valence-corrected chi connectivity index (χ0v) is 10.9. The van der Waals surface area contributed by atoms with Crippen LogP contribution in [0.2, 0.25) is 5.15 Å². The lowest BCUT2D eigenvalue weighted by Gasteiger charge is -2.09. The fourth-order valence-electron chi connectivity index (χ4n) is 1.42. The van der Waals surface area contributed by atoms with Crippen LogP contribution < -0.4 is 5.56 Å². The van der Waals surface area contributed by atoms with Crippen molar-refractivity contribution in [1.29, 1.82) is 0 Å². The number of hydrogen-bond donors (Lipinski definition) is 0. The normalized spacial score (nSPS) is 10.8. The zero-order chi connectivity index (χ0) is 12.7. The highest BCUT2D eigenvalue weighted by molar-refractivity contribution is 6.29. The maximum absolute atomic E-state index is 11.6. The van der Waals surface area contributed by atoms with Gasteiger partial charge in [0.05, 0.1) is 13.2 Å². The minimum absolute atomic E-state index is 0.150. The van der Waals surface area contributed by atoms with E-state index in [1.165, 1.54) is 6.07 Å². The number of aryl methyl sites for hydroxylation is 1. The van der Waals surface area contributed by atoms with E-state index in [-0.39, 0.29) is 10.7 Å². The SMILES string of the molecule is COCCCOCCn1c(C)nc(Cl)cc1=O. The van der Waals surface area contributed by atoms with Gasteiger partial charge < -0.3 is 9.47 Å². The lowest BCUT2D eigenvalue weighted by molar-refractivity contribution is 0.0968. The summed E-state index contributed by atoms with van der Waals surface area (Å²) in [5.74, 6) is 0.600. The van der Waals surface area contributed by atoms with E-state index in [9.17, 15) is 4.79 Å². The highest BCUT2D eigenvalue weighted by Crippen LogP contribution is 2.01. The van der Waals surface area contributed by atoms with Gasteiger partial charge in [-0.05, 0) is 13.3 Å². The first-order valence-corrected chi connectivity index (χ1v) is 5.83. The molecule has 96 valence electrons. The molecule has 0 fully saturated rings. The van der Waals surface area contributed by atoms with Gasteiger partial charge in [0.2, 0.25) is 0 Å². The third kappa shape index (κ3) is 4.85. The Morgan fingerprint density at radius 3 is 2.82 bits per heavy atom. The number of rotatable bonds is 7. The van der Waals surface area contributed by atoms with Crippen LogP contribution in [0.5, 0.6) is 0 Å². The molecule has 17 heavy (non-hydrogen) atoms. The third-order valence-electron chi connectivity index (χ3n) is 2.26. The molecule has 0 aliphatic carbocycles. The second-order valence-electron chi connectivity index (χ2n) is 3.57. The lowest BCUT2D eigenvalue weighted by Crippen LogP contribution is -2.25. The molecule has 0 aliphatic rings. The van der Waals surface area contributed by atoms with Gasteiger partial charge in [-0.3, -0.25) is 9.36 Å². The Hall–Kier alpha value is -0.910. The minimum atomic E-state index is -0.150. The van der Waals surface area contributed by atoms with Gasteiger partial charge in [0.1, 0.15) is 11.0 Å². The second kappa shape index (κ2) is 7.42. The van der Waals surface area contributed by atoms with Gasteiger partial charge in [0.15, 0.2) is 0 Å². The van der Waals surface area contributed by atoms with Crippen molar-refractivity contribution in [3.8, 4) is 0 Å². The Morgan fingerprint density at radius 2 is 2.18 bits per heavy atom. The fourth-order valence-corrected chi connectivity index (χ4v) is 1.64. The topological polar surface area (TPSA) is 53.4 Å². The van der Waals surface area contributed by atoms with Crippen LogP contribution in [0.1, 0.15) is 12.2 Å². The molecule has 6 heteroatoms. The summed E-state index contributed by atoms with van der Waals surface area (Å²) in [7, 11) is 1.66. The number of methoxy groups -OCH3 is 1. The molecule has 5 nitrogen and oxygen atoms in total. The molecular formula is C11H17ClN2O3. The van der Waals surface area contributed by atoms with Crippen LogP contribution in [0, 0.1) is 6.92 Å². The van der Waals surface area contributed by atoms with E-state index in [0.717, 1.165) is 6.42 Å². The van der Waals surface area contributed by atoms with Crippen molar-refractivity contribution >= 4 is 11.6 Å². The van der Waals surface area contributed by atoms with Gasteiger partial charge in [0, 0.05) is 26.4 Å². The smallest absolute Gasteiger partial charge is 0.255 e. The number of halogens is 1. The van der Waals surface area contributed by atoms with Crippen LogP contribution in [0.4, 0.5) is 0 Å². The Morgan fingerprint density at radius 1 is 1.41 bits per heavy atom. The molecule has 0 radical (unpaired) electrons. The molecule has 0 amide bonds. The molecule has 1 heterocycles. The number of hydrogen-bond acceptors (Lipinski definition) is 4. The van der Waals surface area contributed by atoms with E-state index in [4.69, 9.17) is 21.1 Å². The van der Waals surface area contributed by atoms with Crippen molar-refractivity contribution in [2.75, 3.05) is 26.9 Å². The average Bonchev–Trinajstić information content (AvgIpc) is 2.26. The van der Waals surface area contributed by atoms with Gasteiger partial charge in [-0.2, -0.15) is 0 Å². The van der Waals surface area contributed by atoms with E-state index < -0.39 is 0 Å². The van der Waals surface area contributed by atoms with E-state index >= 15 is 0 Å². The number of aromatic nitrogens is 2. The minimum Gasteiger partial charge on any atom is -0.385 e. The molecule has 1 aromatic heterocycles. The molecule has 1 aromatic rings. The summed E-state index contributed by atoms with van der Waals surface area (Å²) in [4.78, 5) is 15.6. The molecule has 1 rings (SSSR count). The van der Waals surface area contributed by atoms with Gasteiger partial charge >= 0.3 is 0 Å². The first-order valence-electron chi connectivity index (χ1n) is 5.46. The summed E-state index contributed by atoms with van der Waals surface area (Å²) in [6.07, 6.45) is 0.850. The van der Waals surface area contributed by atoms with Crippen LogP contribution in [0.3, 0.4) is 0 Å². The summed E-state index contributed by atoms with van der Waals surface area (Å²) in [6, 6.07) is 1.31. The predicted octanol–water partition coefficient (Wildman–Crippen LogP) is 1.26. The Bertz CT molecular complexity index is 406. The molecule has 0 N–H and O–H groups in total. The van der Waals surface area contributed by atoms with Crippen molar-refractivity contribution in [2.24, 2.45) is 0 Å². The third-order valence-corrected chi connectivity index (χ3v) is 2.46. The second-order valence-corrected chi connectivity index (χ2v) is 3.96. The molecule has 0 unspecified atom stereocenters. The molecule has 0 saturated heterocycles. The fraction of sp³-hybridized carbons (Fsp3) is 0.636. The molecule has 0 bridgehead atoms. The first kappa shape index (κ1) is 14.2. The van der Waals surface area contributed by atoms with Crippen molar-refractivity contribution in [3.63, 3.8) is 0 Å². The molecule has 0 aromatic carbocycles. The Kier molecular flexibility index (Phi) is 6.18. The van der Waals surface area contributed by atoms with E-state index in [1.54, 1.807) is 18.6 Å². The Balaban J connectivity index is 2.39. The first-order chi connectivity index (χ1) is 8.15. The monoisotopic (exact) mass is 260 g/mol. The zero-order valence-electron chi connectivity index (χ0n) is 10.1. The predicted molar refractivity (Wildman–Crippen MR) is 65.6 cm³/mol. The van der Waals surface area contributed by atoms with Gasteiger partial charge in [-0.25, -0.2) is 4.98 Å². The van der Waals surface area contributed by atoms with Crippen molar-refractivity contribution in [3.05, 3.63) is 27.4 Å². The quantitative estimate of drug-likeness (QED) is 0.547. The van der Waals surface area contributed by atoms with Gasteiger partial charge in [0.25, 0.3) is 5.56 Å². The van der Waals surface area contributed by atoms with Crippen molar-refractivity contribution in [1.82, 2.24) is 9.55 Å². The van der Waals surface area contributed by atoms with E-state index in [1.807, 2.05) is 0 Å². The van der Waals surface area contributed by atoms with E-state index in [2.05, 4.69) is 4.98 Å². The van der Waals surface area contributed by atoms with Crippen molar-refractivity contribution in [2.45, 2.75) is 19.9 Å². The Labute approximate surface area is 105 Å². The molecule has 0 spiro atoms. The summed E-state index contributed by atoms with van der Waals surface area (Å²) >= 11 is 5.67. The molecular weight excluding hydrogens is 244 g/mol. The highest BCUT2D eigenvalue weighted by atomic mass is 35.5. The number of ether oxygens (including phenoxy) is 2. The highest BCUT2D eigenvalue weighted by Gasteiger charge is 2.03. The van der Waals surface area contributed by atoms with Crippen LogP contribution in [-0.2, 0) is 16.0 Å². The lowest BCUT2D eigenvalue weighted by atomic mass is 10.5. The summed E-state index contributed by atoms with van der Waals surface area (Å²) in [5, 5.41) is 0.227. The maximum atomic E-state index is 11.6. The standard InChI is InChI=1S/C11H17ClN2O3/c1-9-13-10(12)8-11(15)14(9)4-7-17-6-3-5-16-2/h8H,3-7H2,1-2H3. The van der Waals surface area contributed by atoms with Crippen LogP contribution in [0.15, 0.2) is 10.9 Å². The van der Waals surface area contributed by atoms with Crippen LogP contribution in [0.25, 0.3) is 0 Å². The van der Waals surface area contributed by atoms with Crippen LogP contribution in [-0.4, -0.2) is 36.5 Å². The molecule has 0 aliphatic heterocycles. The van der Waals surface area contributed by atoms with E-state index in [0.29, 0.717) is 32.2 Å². The molecule has 0 atom stereocenters. The van der Waals surface area contributed by atoms with Crippen molar-refractivity contribution < 1.29 is 9.47 Å². The largest absolute Gasteiger partial charge is 0.385 e. The number of nitrogens with zero attached hydrogens (tertiary/aromatic N) is 2. The summed E-state index contributed by atoms with van der Waals surface area (Å²) < 4.78 is 11.8. The van der Waals surface area contributed by atoms with Gasteiger partial charge in [-0.1, -0.05) is 11.6 Å². The summed E-state index contributed by atoms with van der Waals surface area (Å²) in [5.41, 5.74) is -0.150. The maximum Gasteiger partial charge on any atom is 0.255 e. The molecule has 0 saturated carbocycles. The summed E-state index contributed by atoms with van der Waals surface area (Å²) in [6.45, 7) is 4.03.